The molecule has 2 aromatic rings. The molecule has 9 heteroatoms. The van der Waals surface area contributed by atoms with E-state index in [-0.39, 0.29) is 5.56 Å². The largest absolute Gasteiger partial charge is 0.423 e. The molecule has 0 spiro atoms. The number of nitrogens with zero attached hydrogens (tertiary/aromatic N) is 2. The van der Waals surface area contributed by atoms with Crippen molar-refractivity contribution in [2.45, 2.75) is 13.1 Å². The fraction of sp³-hybridized carbons (Fsp3) is 0.200. The fourth-order valence-electron chi connectivity index (χ4n) is 1.01. The summed E-state index contributed by atoms with van der Waals surface area (Å²) in [7, 11) is 0. The summed E-state index contributed by atoms with van der Waals surface area (Å²) >= 11 is 0. The van der Waals surface area contributed by atoms with Crippen LogP contribution < -0.4 is 11.1 Å². The van der Waals surface area contributed by atoms with Crippen molar-refractivity contribution in [2.24, 2.45) is 0 Å². The Kier molecular flexibility index (Phi) is 4.56. The Labute approximate surface area is 104 Å². The second-order valence-corrected chi connectivity index (χ2v) is 3.34. The van der Waals surface area contributed by atoms with Crippen molar-refractivity contribution < 1.29 is 13.2 Å². The second kappa shape index (κ2) is 5.94. The summed E-state index contributed by atoms with van der Waals surface area (Å²) in [5.41, 5.74) is -1.81. The number of aryl methyl sites for hydroxylation is 1. The van der Waals surface area contributed by atoms with Gasteiger partial charge < -0.3 is 9.97 Å². The van der Waals surface area contributed by atoms with Gasteiger partial charge in [0.25, 0.3) is 11.1 Å². The zero-order chi connectivity index (χ0) is 14.5. The average molecular weight is 274 g/mol. The first-order valence-corrected chi connectivity index (χ1v) is 4.92. The molecule has 0 unspecified atom stereocenters. The van der Waals surface area contributed by atoms with Crippen molar-refractivity contribution in [3.8, 4) is 0 Å². The molecule has 2 aromatic heterocycles. The maximum atomic E-state index is 11.8. The average Bonchev–Trinajstić information content (AvgIpc) is 2.28. The molecule has 0 aliphatic carbocycles. The monoisotopic (exact) mass is 274 g/mol. The molecule has 102 valence electrons. The van der Waals surface area contributed by atoms with Crippen molar-refractivity contribution in [2.75, 3.05) is 0 Å². The summed E-state index contributed by atoms with van der Waals surface area (Å²) in [6.07, 6.45) is -1.85. The predicted octanol–water partition coefficient (Wildman–Crippen LogP) is 0.867. The van der Waals surface area contributed by atoms with Crippen molar-refractivity contribution in [1.82, 2.24) is 19.9 Å². The van der Waals surface area contributed by atoms with Gasteiger partial charge in [-0.1, -0.05) is 0 Å². The summed E-state index contributed by atoms with van der Waals surface area (Å²) in [6.45, 7) is 1.77. The van der Waals surface area contributed by atoms with Gasteiger partial charge in [-0.05, 0) is 6.92 Å². The van der Waals surface area contributed by atoms with Crippen molar-refractivity contribution in [1.29, 1.82) is 0 Å². The molecule has 0 saturated carbocycles. The number of aromatic nitrogens is 4. The van der Waals surface area contributed by atoms with E-state index in [2.05, 4.69) is 15.0 Å². The van der Waals surface area contributed by atoms with Crippen LogP contribution in [0.25, 0.3) is 0 Å². The molecular weight excluding hydrogens is 265 g/mol. The highest BCUT2D eigenvalue weighted by Crippen LogP contribution is 2.24. The van der Waals surface area contributed by atoms with E-state index in [0.717, 1.165) is 12.0 Å². The van der Waals surface area contributed by atoms with Gasteiger partial charge in [0, 0.05) is 18.0 Å². The molecule has 0 fully saturated rings. The summed E-state index contributed by atoms with van der Waals surface area (Å²) in [6, 6.07) is 1.44. The number of alkyl halides is 3. The van der Waals surface area contributed by atoms with E-state index in [0.29, 0.717) is 6.20 Å². The minimum Gasteiger partial charge on any atom is -0.313 e. The third-order valence-corrected chi connectivity index (χ3v) is 1.84. The molecule has 6 nitrogen and oxygen atoms in total. The summed E-state index contributed by atoms with van der Waals surface area (Å²) in [5, 5.41) is 0. The van der Waals surface area contributed by atoms with E-state index >= 15 is 0 Å². The third kappa shape index (κ3) is 4.74. The lowest BCUT2D eigenvalue weighted by Crippen LogP contribution is -2.21. The smallest absolute Gasteiger partial charge is 0.313 e. The number of rotatable bonds is 0. The summed E-state index contributed by atoms with van der Waals surface area (Å²) < 4.78 is 35.4. The second-order valence-electron chi connectivity index (χ2n) is 3.34. The number of halogens is 3. The van der Waals surface area contributed by atoms with E-state index in [4.69, 9.17) is 0 Å². The minimum atomic E-state index is -4.62. The van der Waals surface area contributed by atoms with Crippen LogP contribution in [0.2, 0.25) is 0 Å². The Hall–Kier alpha value is -2.45. The molecule has 0 amide bonds. The standard InChI is InChI=1S/C5H3F3N2O.C5H6N2O/c6-5(7,8)3-1-9-2-10-4(3)11;1-4-2-5(8)7-3-6-4/h1-2H,(H,9,10,11);2-3H,1H3,(H,6,7,8). The number of hydrogen-bond acceptors (Lipinski definition) is 4. The van der Waals surface area contributed by atoms with Gasteiger partial charge in [-0.2, -0.15) is 13.2 Å². The molecule has 2 N–H and O–H groups in total. The normalized spacial score (nSPS) is 10.5. The zero-order valence-electron chi connectivity index (χ0n) is 9.65. The van der Waals surface area contributed by atoms with Gasteiger partial charge in [0.2, 0.25) is 0 Å². The molecule has 0 bridgehead atoms. The number of aromatic amines is 2. The quantitative estimate of drug-likeness (QED) is 0.745. The Morgan fingerprint density at radius 1 is 1.16 bits per heavy atom. The van der Waals surface area contributed by atoms with Gasteiger partial charge in [-0.3, -0.25) is 9.59 Å². The van der Waals surface area contributed by atoms with E-state index < -0.39 is 17.3 Å². The van der Waals surface area contributed by atoms with Crippen molar-refractivity contribution in [3.63, 3.8) is 0 Å². The highest BCUT2D eigenvalue weighted by molar-refractivity contribution is 5.07. The van der Waals surface area contributed by atoms with Gasteiger partial charge >= 0.3 is 6.18 Å². The molecule has 0 aliphatic heterocycles. The highest BCUT2D eigenvalue weighted by atomic mass is 19.4. The maximum Gasteiger partial charge on any atom is 0.423 e. The van der Waals surface area contributed by atoms with Crippen LogP contribution in [0.5, 0.6) is 0 Å². The maximum absolute atomic E-state index is 11.8. The van der Waals surface area contributed by atoms with E-state index in [1.165, 1.54) is 12.4 Å². The first-order valence-electron chi connectivity index (χ1n) is 4.92. The SMILES string of the molecule is Cc1cc(=O)[nH]cn1.O=c1[nH]cncc1C(F)(F)F. The van der Waals surface area contributed by atoms with E-state index in [1.807, 2.05) is 4.98 Å². The number of nitrogens with one attached hydrogen (secondary N) is 2. The Balaban J connectivity index is 0.000000200. The van der Waals surface area contributed by atoms with Crippen LogP contribution in [0.15, 0.2) is 34.5 Å². The topological polar surface area (TPSA) is 91.5 Å². The minimum absolute atomic E-state index is 0.0995. The predicted molar refractivity (Wildman–Crippen MR) is 59.5 cm³/mol. The van der Waals surface area contributed by atoms with Crippen LogP contribution in [-0.4, -0.2) is 19.9 Å². The van der Waals surface area contributed by atoms with Gasteiger partial charge in [0.1, 0.15) is 5.56 Å². The van der Waals surface area contributed by atoms with Gasteiger partial charge in [0.15, 0.2) is 0 Å². The first-order chi connectivity index (χ1) is 8.80. The van der Waals surface area contributed by atoms with Crippen LogP contribution >= 0.6 is 0 Å². The summed E-state index contributed by atoms with van der Waals surface area (Å²) in [4.78, 5) is 32.0. The Morgan fingerprint density at radius 3 is 2.21 bits per heavy atom. The molecule has 0 atom stereocenters. The van der Waals surface area contributed by atoms with Crippen molar-refractivity contribution >= 4 is 0 Å². The van der Waals surface area contributed by atoms with E-state index in [9.17, 15) is 22.8 Å². The van der Waals surface area contributed by atoms with E-state index in [1.54, 1.807) is 6.92 Å². The molecular formula is C10H9F3N4O2. The first kappa shape index (κ1) is 14.6. The molecule has 0 aliphatic rings. The molecule has 2 heterocycles. The van der Waals surface area contributed by atoms with Crippen LogP contribution in [0, 0.1) is 6.92 Å². The molecule has 0 aromatic carbocycles. The summed E-state index contributed by atoms with van der Waals surface area (Å²) in [5.74, 6) is 0. The lowest BCUT2D eigenvalue weighted by Gasteiger charge is -2.02. The van der Waals surface area contributed by atoms with Crippen LogP contribution in [-0.2, 0) is 6.18 Å². The molecule has 19 heavy (non-hydrogen) atoms. The Bertz CT molecular complexity index is 648. The van der Waals surface area contributed by atoms with Crippen LogP contribution in [0.3, 0.4) is 0 Å². The fourth-order valence-corrected chi connectivity index (χ4v) is 1.01. The van der Waals surface area contributed by atoms with Crippen molar-refractivity contribution in [3.05, 3.63) is 56.9 Å². The van der Waals surface area contributed by atoms with Gasteiger partial charge in [-0.25, -0.2) is 9.97 Å². The zero-order valence-corrected chi connectivity index (χ0v) is 9.65. The number of hydrogen-bond donors (Lipinski definition) is 2. The van der Waals surface area contributed by atoms with Gasteiger partial charge in [0.05, 0.1) is 12.7 Å². The highest BCUT2D eigenvalue weighted by Gasteiger charge is 2.33. The van der Waals surface area contributed by atoms with Crippen LogP contribution in [0.1, 0.15) is 11.3 Å². The number of H-pyrrole nitrogens is 2. The molecule has 2 rings (SSSR count). The third-order valence-electron chi connectivity index (χ3n) is 1.84. The lowest BCUT2D eigenvalue weighted by molar-refractivity contribution is -0.139. The van der Waals surface area contributed by atoms with Gasteiger partial charge in [-0.15, -0.1) is 0 Å². The lowest BCUT2D eigenvalue weighted by atomic mass is 10.3. The molecule has 0 saturated heterocycles. The Morgan fingerprint density at radius 2 is 1.84 bits per heavy atom. The molecule has 0 radical (unpaired) electrons. The van der Waals surface area contributed by atoms with Crippen LogP contribution in [0.4, 0.5) is 13.2 Å².